The lowest BCUT2D eigenvalue weighted by atomic mass is 9.64. The highest BCUT2D eigenvalue weighted by molar-refractivity contribution is 5.85. The van der Waals surface area contributed by atoms with E-state index >= 15 is 0 Å². The minimum Gasteiger partial charge on any atom is -0.381 e. The van der Waals surface area contributed by atoms with E-state index in [1.54, 1.807) is 7.11 Å². The van der Waals surface area contributed by atoms with Gasteiger partial charge in [0.1, 0.15) is 5.52 Å². The Labute approximate surface area is 113 Å². The first-order valence-electron chi connectivity index (χ1n) is 6.59. The van der Waals surface area contributed by atoms with Crippen LogP contribution in [0.2, 0.25) is 0 Å². The van der Waals surface area contributed by atoms with Crippen molar-refractivity contribution in [2.45, 2.75) is 32.4 Å². The summed E-state index contributed by atoms with van der Waals surface area (Å²) < 4.78 is 7.49. The van der Waals surface area contributed by atoms with E-state index in [9.17, 15) is 0 Å². The first-order valence-corrected chi connectivity index (χ1v) is 6.59. The maximum Gasteiger partial charge on any atom is 0.154 e. The number of pyridine rings is 1. The van der Waals surface area contributed by atoms with Crippen LogP contribution in [0.5, 0.6) is 0 Å². The van der Waals surface area contributed by atoms with Crippen LogP contribution in [0.1, 0.15) is 20.3 Å². The predicted molar refractivity (Wildman–Crippen MR) is 75.1 cm³/mol. The zero-order valence-corrected chi connectivity index (χ0v) is 11.8. The van der Waals surface area contributed by atoms with E-state index in [2.05, 4.69) is 29.1 Å². The van der Waals surface area contributed by atoms with Crippen molar-refractivity contribution >= 4 is 16.9 Å². The van der Waals surface area contributed by atoms with Gasteiger partial charge >= 0.3 is 0 Å². The molecule has 0 saturated heterocycles. The standard InChI is InChI=1S/C14H20N4O/c1-14(2)10(7-11(14)19-4)17-13-12-9(5-6-15-13)18(3)8-16-12/h5-6,8,10-11H,7H2,1-4H3,(H,15,17). The van der Waals surface area contributed by atoms with E-state index in [1.807, 2.05) is 30.2 Å². The van der Waals surface area contributed by atoms with Gasteiger partial charge in [0, 0.05) is 31.8 Å². The summed E-state index contributed by atoms with van der Waals surface area (Å²) in [6.07, 6.45) is 4.97. The van der Waals surface area contributed by atoms with Gasteiger partial charge in [-0.1, -0.05) is 13.8 Å². The molecule has 2 unspecified atom stereocenters. The van der Waals surface area contributed by atoms with E-state index in [0.29, 0.717) is 12.1 Å². The second-order valence-electron chi connectivity index (χ2n) is 5.86. The molecule has 0 bridgehead atoms. The van der Waals surface area contributed by atoms with Gasteiger partial charge in [0.2, 0.25) is 0 Å². The van der Waals surface area contributed by atoms with Crippen LogP contribution in [0.3, 0.4) is 0 Å². The van der Waals surface area contributed by atoms with E-state index in [1.165, 1.54) is 0 Å². The number of fused-ring (bicyclic) bond motifs is 1. The van der Waals surface area contributed by atoms with Crippen molar-refractivity contribution < 1.29 is 4.74 Å². The first-order chi connectivity index (χ1) is 9.04. The van der Waals surface area contributed by atoms with Crippen molar-refractivity contribution in [3.8, 4) is 0 Å². The number of hydrogen-bond acceptors (Lipinski definition) is 4. The SMILES string of the molecule is COC1CC(Nc2nccc3c2ncn3C)C1(C)C. The minimum absolute atomic E-state index is 0.118. The summed E-state index contributed by atoms with van der Waals surface area (Å²) in [4.78, 5) is 8.85. The Bertz CT molecular complexity index is 605. The molecule has 102 valence electrons. The van der Waals surface area contributed by atoms with Gasteiger partial charge in [0.25, 0.3) is 0 Å². The van der Waals surface area contributed by atoms with Crippen molar-refractivity contribution in [1.29, 1.82) is 0 Å². The van der Waals surface area contributed by atoms with Crippen molar-refractivity contribution in [3.63, 3.8) is 0 Å². The molecule has 0 amide bonds. The van der Waals surface area contributed by atoms with Crippen LogP contribution in [0.4, 0.5) is 5.82 Å². The largest absolute Gasteiger partial charge is 0.381 e. The second-order valence-corrected chi connectivity index (χ2v) is 5.86. The molecule has 2 aromatic heterocycles. The normalized spacial score (nSPS) is 25.3. The molecule has 1 N–H and O–H groups in total. The summed E-state index contributed by atoms with van der Waals surface area (Å²) in [6.45, 7) is 4.45. The maximum absolute atomic E-state index is 5.48. The number of nitrogens with zero attached hydrogens (tertiary/aromatic N) is 3. The van der Waals surface area contributed by atoms with E-state index in [0.717, 1.165) is 23.3 Å². The molecule has 2 aromatic rings. The molecule has 5 nitrogen and oxygen atoms in total. The molecule has 3 rings (SSSR count). The quantitative estimate of drug-likeness (QED) is 0.919. The fourth-order valence-electron chi connectivity index (χ4n) is 2.86. The summed E-state index contributed by atoms with van der Waals surface area (Å²) in [7, 11) is 3.77. The molecule has 0 radical (unpaired) electrons. The number of aryl methyl sites for hydroxylation is 1. The van der Waals surface area contributed by atoms with Crippen molar-refractivity contribution in [2.75, 3.05) is 12.4 Å². The Morgan fingerprint density at radius 1 is 1.42 bits per heavy atom. The number of hydrogen-bond donors (Lipinski definition) is 1. The second kappa shape index (κ2) is 4.20. The average Bonchev–Trinajstić information content (AvgIpc) is 2.77. The Kier molecular flexibility index (Phi) is 2.74. The highest BCUT2D eigenvalue weighted by atomic mass is 16.5. The lowest BCUT2D eigenvalue weighted by Gasteiger charge is -2.51. The van der Waals surface area contributed by atoms with Crippen LogP contribution < -0.4 is 5.32 Å². The zero-order chi connectivity index (χ0) is 13.6. The van der Waals surface area contributed by atoms with Gasteiger partial charge in [-0.15, -0.1) is 0 Å². The maximum atomic E-state index is 5.48. The van der Waals surface area contributed by atoms with E-state index in [4.69, 9.17) is 4.74 Å². The summed E-state index contributed by atoms with van der Waals surface area (Å²) in [6, 6.07) is 2.36. The lowest BCUT2D eigenvalue weighted by molar-refractivity contribution is -0.0795. The van der Waals surface area contributed by atoms with Crippen LogP contribution in [0.15, 0.2) is 18.6 Å². The molecule has 2 atom stereocenters. The van der Waals surface area contributed by atoms with Crippen LogP contribution >= 0.6 is 0 Å². The highest BCUT2D eigenvalue weighted by Crippen LogP contribution is 2.44. The van der Waals surface area contributed by atoms with Crippen molar-refractivity contribution in [3.05, 3.63) is 18.6 Å². The predicted octanol–water partition coefficient (Wildman–Crippen LogP) is 2.19. The number of imidazole rings is 1. The average molecular weight is 260 g/mol. The summed E-state index contributed by atoms with van der Waals surface area (Å²) in [5.74, 6) is 0.866. The molecular weight excluding hydrogens is 240 g/mol. The number of rotatable bonds is 3. The van der Waals surface area contributed by atoms with Gasteiger partial charge in [-0.05, 0) is 12.5 Å². The summed E-state index contributed by atoms with van der Waals surface area (Å²) >= 11 is 0. The number of ether oxygens (including phenoxy) is 1. The fourth-order valence-corrected chi connectivity index (χ4v) is 2.86. The van der Waals surface area contributed by atoms with Crippen LogP contribution in [0, 0.1) is 5.41 Å². The molecule has 2 heterocycles. The topological polar surface area (TPSA) is 52.0 Å². The molecule has 1 aliphatic rings. The van der Waals surface area contributed by atoms with Gasteiger partial charge in [0.05, 0.1) is 17.9 Å². The van der Waals surface area contributed by atoms with Crippen LogP contribution in [-0.4, -0.2) is 33.8 Å². The van der Waals surface area contributed by atoms with Crippen molar-refractivity contribution in [2.24, 2.45) is 12.5 Å². The Morgan fingerprint density at radius 3 is 2.89 bits per heavy atom. The summed E-state index contributed by atoms with van der Waals surface area (Å²) in [5, 5.41) is 3.52. The van der Waals surface area contributed by atoms with Gasteiger partial charge in [-0.25, -0.2) is 9.97 Å². The summed E-state index contributed by atoms with van der Waals surface area (Å²) in [5.41, 5.74) is 2.15. The molecule has 1 aliphatic carbocycles. The number of methoxy groups -OCH3 is 1. The minimum atomic E-state index is 0.118. The molecular formula is C14H20N4O. The number of aromatic nitrogens is 3. The van der Waals surface area contributed by atoms with Crippen LogP contribution in [0.25, 0.3) is 11.0 Å². The first kappa shape index (κ1) is 12.4. The van der Waals surface area contributed by atoms with Gasteiger partial charge in [-0.2, -0.15) is 0 Å². The Morgan fingerprint density at radius 2 is 2.21 bits per heavy atom. The van der Waals surface area contributed by atoms with Gasteiger partial charge in [-0.3, -0.25) is 0 Å². The third kappa shape index (κ3) is 1.80. The van der Waals surface area contributed by atoms with Crippen molar-refractivity contribution in [1.82, 2.24) is 14.5 Å². The highest BCUT2D eigenvalue weighted by Gasteiger charge is 2.48. The smallest absolute Gasteiger partial charge is 0.154 e. The van der Waals surface area contributed by atoms with Crippen LogP contribution in [-0.2, 0) is 11.8 Å². The molecule has 0 aromatic carbocycles. The zero-order valence-electron chi connectivity index (χ0n) is 11.8. The van der Waals surface area contributed by atoms with E-state index in [-0.39, 0.29) is 5.41 Å². The fraction of sp³-hybridized carbons (Fsp3) is 0.571. The molecule has 5 heteroatoms. The van der Waals surface area contributed by atoms with Gasteiger partial charge in [0.15, 0.2) is 5.82 Å². The number of nitrogens with one attached hydrogen (secondary N) is 1. The molecule has 0 spiro atoms. The van der Waals surface area contributed by atoms with E-state index < -0.39 is 0 Å². The third-order valence-electron chi connectivity index (χ3n) is 4.42. The molecule has 0 aliphatic heterocycles. The monoisotopic (exact) mass is 260 g/mol. The Balaban J connectivity index is 1.87. The molecule has 19 heavy (non-hydrogen) atoms. The number of anilines is 1. The Hall–Kier alpha value is -1.62. The molecule has 1 saturated carbocycles. The third-order valence-corrected chi connectivity index (χ3v) is 4.42. The molecule has 1 fully saturated rings. The lowest BCUT2D eigenvalue weighted by Crippen LogP contribution is -2.57. The van der Waals surface area contributed by atoms with Gasteiger partial charge < -0.3 is 14.6 Å².